The molecule has 3 fully saturated rings. The third kappa shape index (κ3) is 3.43. The third-order valence-corrected chi connectivity index (χ3v) is 9.61. The summed E-state index contributed by atoms with van der Waals surface area (Å²) in [5, 5.41) is 9.93. The van der Waals surface area contributed by atoms with Crippen LogP contribution in [0.4, 0.5) is 15.8 Å². The van der Waals surface area contributed by atoms with Gasteiger partial charge in [0, 0.05) is 5.92 Å². The van der Waals surface area contributed by atoms with Crippen molar-refractivity contribution in [2.45, 2.75) is 25.7 Å². The van der Waals surface area contributed by atoms with Crippen molar-refractivity contribution in [3.05, 3.63) is 102 Å². The van der Waals surface area contributed by atoms with E-state index in [4.69, 9.17) is 0 Å². The van der Waals surface area contributed by atoms with Gasteiger partial charge in [-0.25, -0.2) is 9.29 Å². The van der Waals surface area contributed by atoms with E-state index in [1.807, 2.05) is 12.1 Å². The Morgan fingerprint density at radius 3 is 2.07 bits per heavy atom. The average molecular weight is 551 g/mol. The van der Waals surface area contributed by atoms with Crippen molar-refractivity contribution >= 4 is 35.0 Å². The minimum atomic E-state index is -1.27. The molecule has 7 nitrogen and oxygen atoms in total. The van der Waals surface area contributed by atoms with Crippen molar-refractivity contribution in [3.8, 4) is 5.75 Å². The Bertz CT molecular complexity index is 1650. The summed E-state index contributed by atoms with van der Waals surface area (Å²) in [7, 11) is 0. The van der Waals surface area contributed by atoms with Crippen molar-refractivity contribution in [2.24, 2.45) is 29.1 Å². The van der Waals surface area contributed by atoms with Gasteiger partial charge in [-0.05, 0) is 67.6 Å². The van der Waals surface area contributed by atoms with Gasteiger partial charge in [-0.3, -0.25) is 24.1 Å². The number of rotatable bonds is 3. The minimum Gasteiger partial charge on any atom is -0.505 e. The molecule has 2 saturated heterocycles. The van der Waals surface area contributed by atoms with Gasteiger partial charge in [0.05, 0.1) is 34.5 Å². The fourth-order valence-corrected chi connectivity index (χ4v) is 7.75. The van der Waals surface area contributed by atoms with Crippen molar-refractivity contribution in [1.29, 1.82) is 0 Å². The number of fused-ring (bicyclic) bond motifs is 4. The van der Waals surface area contributed by atoms with E-state index in [1.54, 1.807) is 67.6 Å². The van der Waals surface area contributed by atoms with Crippen molar-refractivity contribution < 1.29 is 28.7 Å². The van der Waals surface area contributed by atoms with Crippen LogP contribution in [0.1, 0.15) is 31.2 Å². The minimum absolute atomic E-state index is 0.218. The number of anilines is 2. The van der Waals surface area contributed by atoms with Crippen molar-refractivity contribution in [2.75, 3.05) is 9.80 Å². The molecule has 3 aromatic rings. The largest absolute Gasteiger partial charge is 0.505 e. The Balaban J connectivity index is 1.38. The molecular formula is C33H27FN2O5. The van der Waals surface area contributed by atoms with E-state index in [0.717, 1.165) is 5.57 Å². The van der Waals surface area contributed by atoms with E-state index in [9.17, 15) is 28.7 Å². The average Bonchev–Trinajstić information content (AvgIpc) is 3.35. The maximum absolute atomic E-state index is 14.8. The number of halogens is 1. The summed E-state index contributed by atoms with van der Waals surface area (Å²) in [6.45, 7) is 1.75. The summed E-state index contributed by atoms with van der Waals surface area (Å²) >= 11 is 0. The molecule has 41 heavy (non-hydrogen) atoms. The zero-order valence-corrected chi connectivity index (χ0v) is 22.2. The molecule has 4 amide bonds. The number of para-hydroxylation sites is 2. The van der Waals surface area contributed by atoms with Crippen LogP contribution in [-0.4, -0.2) is 28.7 Å². The summed E-state index contributed by atoms with van der Waals surface area (Å²) in [4.78, 5) is 58.3. The van der Waals surface area contributed by atoms with Crippen LogP contribution in [0, 0.1) is 34.9 Å². The van der Waals surface area contributed by atoms with Crippen LogP contribution >= 0.6 is 0 Å². The number of hydrogen-bond acceptors (Lipinski definition) is 5. The SMILES string of the molecule is C[C@@]12C(=O)N(c3ccccc3)C(=O)[C@@H]1C[C@@H]1C(=CC[C@@H]3C(=O)N(c4ccccc4)C(=O)[C@@H]31)[C@@H]2c1ccc(O)c(F)c1. The first kappa shape index (κ1) is 25.4. The molecule has 7 rings (SSSR count). The Morgan fingerprint density at radius 1 is 0.805 bits per heavy atom. The van der Waals surface area contributed by atoms with Gasteiger partial charge in [0.25, 0.3) is 0 Å². The lowest BCUT2D eigenvalue weighted by molar-refractivity contribution is -0.131. The molecule has 1 N–H and O–H groups in total. The Kier molecular flexibility index (Phi) is 5.55. The van der Waals surface area contributed by atoms with Crippen LogP contribution in [0.15, 0.2) is 90.5 Å². The second kappa shape index (κ2) is 8.96. The molecule has 2 aliphatic heterocycles. The predicted molar refractivity (Wildman–Crippen MR) is 148 cm³/mol. The highest BCUT2D eigenvalue weighted by molar-refractivity contribution is 6.25. The van der Waals surface area contributed by atoms with E-state index in [0.29, 0.717) is 23.4 Å². The zero-order chi connectivity index (χ0) is 28.6. The van der Waals surface area contributed by atoms with Crippen LogP contribution in [0.25, 0.3) is 0 Å². The van der Waals surface area contributed by atoms with Gasteiger partial charge in [-0.15, -0.1) is 0 Å². The summed E-state index contributed by atoms with van der Waals surface area (Å²) in [6, 6.07) is 21.5. The second-order valence-electron chi connectivity index (χ2n) is 11.6. The normalized spacial score (nSPS) is 30.7. The van der Waals surface area contributed by atoms with Gasteiger partial charge in [-0.1, -0.05) is 54.1 Å². The highest BCUT2D eigenvalue weighted by atomic mass is 19.1. The smallest absolute Gasteiger partial charge is 0.241 e. The lowest BCUT2D eigenvalue weighted by atomic mass is 9.51. The number of imide groups is 2. The molecule has 6 atom stereocenters. The van der Waals surface area contributed by atoms with Crippen molar-refractivity contribution in [1.82, 2.24) is 0 Å². The monoisotopic (exact) mass is 550 g/mol. The predicted octanol–water partition coefficient (Wildman–Crippen LogP) is 4.97. The van der Waals surface area contributed by atoms with E-state index in [-0.39, 0.29) is 24.1 Å². The van der Waals surface area contributed by atoms with Crippen LogP contribution in [-0.2, 0) is 19.2 Å². The summed E-state index contributed by atoms with van der Waals surface area (Å²) < 4.78 is 14.8. The summed E-state index contributed by atoms with van der Waals surface area (Å²) in [5.74, 6) is -6.03. The number of benzene rings is 3. The van der Waals surface area contributed by atoms with Gasteiger partial charge in [0.15, 0.2) is 11.6 Å². The first-order chi connectivity index (χ1) is 19.7. The van der Waals surface area contributed by atoms with Gasteiger partial charge in [0.2, 0.25) is 23.6 Å². The maximum atomic E-state index is 14.8. The summed E-state index contributed by atoms with van der Waals surface area (Å²) in [6.07, 6.45) is 2.44. The molecule has 3 aromatic carbocycles. The number of phenols is 1. The Labute approximate surface area is 235 Å². The molecule has 2 aliphatic carbocycles. The van der Waals surface area contributed by atoms with E-state index in [2.05, 4.69) is 0 Å². The van der Waals surface area contributed by atoms with Gasteiger partial charge < -0.3 is 5.11 Å². The molecule has 0 spiro atoms. The maximum Gasteiger partial charge on any atom is 0.241 e. The standard InChI is InChI=1S/C33H27FN2O5/c1-33-24(30(39)36(32(33)41)20-10-6-3-7-11-20)17-23-21(28(33)18-12-15-26(37)25(34)16-18)13-14-22-27(23)31(40)35(29(22)38)19-8-4-2-5-9-19/h2-13,15-16,22-24,27-28,37H,14,17H2,1H3/t22-,23+,24-,27-,28-,33+/m0/s1. The number of aromatic hydroxyl groups is 1. The first-order valence-electron chi connectivity index (χ1n) is 13.8. The first-order valence-corrected chi connectivity index (χ1v) is 13.8. The lowest BCUT2D eigenvalue weighted by Crippen LogP contribution is -2.48. The number of hydrogen-bond donors (Lipinski definition) is 1. The fraction of sp³-hybridized carbons (Fsp3) is 0.273. The molecule has 4 aliphatic rings. The summed E-state index contributed by atoms with van der Waals surface area (Å²) in [5.41, 5.74) is 0.887. The van der Waals surface area contributed by atoms with E-state index < -0.39 is 52.5 Å². The fourth-order valence-electron chi connectivity index (χ4n) is 7.75. The lowest BCUT2D eigenvalue weighted by Gasteiger charge is -2.49. The molecule has 0 aromatic heterocycles. The van der Waals surface area contributed by atoms with Crippen LogP contribution in [0.5, 0.6) is 5.75 Å². The van der Waals surface area contributed by atoms with Crippen molar-refractivity contribution in [3.63, 3.8) is 0 Å². The Morgan fingerprint density at radius 2 is 1.44 bits per heavy atom. The highest BCUT2D eigenvalue weighted by Crippen LogP contribution is 2.63. The molecule has 0 bridgehead atoms. The molecule has 2 heterocycles. The van der Waals surface area contributed by atoms with E-state index >= 15 is 0 Å². The molecule has 0 unspecified atom stereocenters. The molecular weight excluding hydrogens is 523 g/mol. The topological polar surface area (TPSA) is 95.0 Å². The van der Waals surface area contributed by atoms with Gasteiger partial charge >= 0.3 is 0 Å². The number of nitrogens with zero attached hydrogens (tertiary/aromatic N) is 2. The molecule has 206 valence electrons. The molecule has 8 heteroatoms. The van der Waals surface area contributed by atoms with Crippen LogP contribution in [0.2, 0.25) is 0 Å². The van der Waals surface area contributed by atoms with Crippen LogP contribution in [0.3, 0.4) is 0 Å². The third-order valence-electron chi connectivity index (χ3n) is 9.61. The number of phenolic OH excluding ortho intramolecular Hbond substituents is 1. The second-order valence-corrected chi connectivity index (χ2v) is 11.6. The van der Waals surface area contributed by atoms with Gasteiger partial charge in [0.1, 0.15) is 0 Å². The molecule has 1 saturated carbocycles. The molecule has 0 radical (unpaired) electrons. The van der Waals surface area contributed by atoms with Crippen LogP contribution < -0.4 is 9.80 Å². The highest BCUT2D eigenvalue weighted by Gasteiger charge is 2.67. The number of allylic oxidation sites excluding steroid dienone is 2. The number of carbonyl (C=O) groups excluding carboxylic acids is 4. The number of carbonyl (C=O) groups is 4. The Hall–Kier alpha value is -4.59. The van der Waals surface area contributed by atoms with Gasteiger partial charge in [-0.2, -0.15) is 0 Å². The number of amides is 4. The quantitative estimate of drug-likeness (QED) is 0.367. The zero-order valence-electron chi connectivity index (χ0n) is 22.2. The van der Waals surface area contributed by atoms with E-state index in [1.165, 1.54) is 21.9 Å².